The van der Waals surface area contributed by atoms with Crippen molar-refractivity contribution < 1.29 is 23.2 Å². The van der Waals surface area contributed by atoms with E-state index >= 15 is 0 Å². The number of amides is 3. The molecule has 2 unspecified atom stereocenters. The van der Waals surface area contributed by atoms with Crippen molar-refractivity contribution in [3.63, 3.8) is 0 Å². The molecule has 2 aliphatic heterocycles. The van der Waals surface area contributed by atoms with Gasteiger partial charge in [-0.05, 0) is 49.1 Å². The normalized spacial score (nSPS) is 19.7. The lowest BCUT2D eigenvalue weighted by molar-refractivity contribution is 0.0369. The molecule has 2 aliphatic rings. The van der Waals surface area contributed by atoms with Gasteiger partial charge in [-0.1, -0.05) is 19.1 Å². The molecule has 3 heterocycles. The van der Waals surface area contributed by atoms with Crippen LogP contribution in [0.4, 0.5) is 8.78 Å². The van der Waals surface area contributed by atoms with Crippen LogP contribution in [0, 0.1) is 17.6 Å². The first-order valence-electron chi connectivity index (χ1n) is 11.4. The predicted molar refractivity (Wildman–Crippen MR) is 122 cm³/mol. The van der Waals surface area contributed by atoms with Gasteiger partial charge in [0.25, 0.3) is 17.7 Å². The summed E-state index contributed by atoms with van der Waals surface area (Å²) in [7, 11) is 0. The number of fused-ring (bicyclic) bond motifs is 1. The average molecular weight is 476 g/mol. The minimum Gasteiger partial charge on any atom is -0.334 e. The van der Waals surface area contributed by atoms with E-state index in [1.807, 2.05) is 6.92 Å². The minimum atomic E-state index is -1.16. The zero-order valence-corrected chi connectivity index (χ0v) is 18.9. The second-order valence-corrected chi connectivity index (χ2v) is 8.84. The van der Waals surface area contributed by atoms with Crippen molar-refractivity contribution in [2.24, 2.45) is 5.92 Å². The average Bonchev–Trinajstić information content (AvgIpc) is 3.11. The highest BCUT2D eigenvalue weighted by Crippen LogP contribution is 2.32. The van der Waals surface area contributed by atoms with Gasteiger partial charge in [-0.3, -0.25) is 19.3 Å². The van der Waals surface area contributed by atoms with Crippen molar-refractivity contribution in [2.75, 3.05) is 13.1 Å². The van der Waals surface area contributed by atoms with Crippen molar-refractivity contribution in [2.45, 2.75) is 25.8 Å². The summed E-state index contributed by atoms with van der Waals surface area (Å²) in [5, 5.41) is 0. The van der Waals surface area contributed by atoms with Crippen LogP contribution in [0.1, 0.15) is 50.8 Å². The van der Waals surface area contributed by atoms with Gasteiger partial charge in [-0.25, -0.2) is 18.7 Å². The molecule has 0 N–H and O–H groups in total. The molecule has 1 aromatic heterocycles. The topological polar surface area (TPSA) is 83.5 Å². The highest BCUT2D eigenvalue weighted by Gasteiger charge is 2.41. The molecular formula is C26H22F2N4O3. The van der Waals surface area contributed by atoms with Crippen molar-refractivity contribution >= 4 is 17.7 Å². The van der Waals surface area contributed by atoms with E-state index in [2.05, 4.69) is 9.97 Å². The van der Waals surface area contributed by atoms with E-state index in [0.717, 1.165) is 18.6 Å². The largest absolute Gasteiger partial charge is 0.334 e. The van der Waals surface area contributed by atoms with Crippen molar-refractivity contribution in [1.82, 2.24) is 19.8 Å². The Bertz CT molecular complexity index is 1300. The number of nitrogens with zero attached hydrogens (tertiary/aromatic N) is 4. The fraction of sp³-hybridized carbons (Fsp3) is 0.269. The molecule has 3 amide bonds. The van der Waals surface area contributed by atoms with E-state index in [-0.39, 0.29) is 29.4 Å². The molecule has 1 fully saturated rings. The number of hydrogen-bond acceptors (Lipinski definition) is 5. The van der Waals surface area contributed by atoms with Crippen molar-refractivity contribution in [3.05, 3.63) is 83.2 Å². The van der Waals surface area contributed by atoms with Gasteiger partial charge in [0.05, 0.1) is 29.3 Å². The lowest BCUT2D eigenvalue weighted by Crippen LogP contribution is -2.54. The maximum atomic E-state index is 14.3. The van der Waals surface area contributed by atoms with Crippen LogP contribution < -0.4 is 0 Å². The Morgan fingerprint density at radius 1 is 0.971 bits per heavy atom. The van der Waals surface area contributed by atoms with Gasteiger partial charge in [0.2, 0.25) is 0 Å². The summed E-state index contributed by atoms with van der Waals surface area (Å²) in [4.78, 5) is 50.6. The number of halogens is 2. The number of piperidine rings is 1. The predicted octanol–water partition coefficient (Wildman–Crippen LogP) is 3.96. The van der Waals surface area contributed by atoms with Gasteiger partial charge >= 0.3 is 0 Å². The highest BCUT2D eigenvalue weighted by atomic mass is 19.2. The Balaban J connectivity index is 1.50. The van der Waals surface area contributed by atoms with Gasteiger partial charge in [0.15, 0.2) is 17.5 Å². The smallest absolute Gasteiger partial charge is 0.261 e. The third-order valence-corrected chi connectivity index (χ3v) is 6.72. The van der Waals surface area contributed by atoms with Gasteiger partial charge in [0, 0.05) is 24.5 Å². The van der Waals surface area contributed by atoms with Crippen LogP contribution in [0.25, 0.3) is 11.4 Å². The third-order valence-electron chi connectivity index (χ3n) is 6.72. The number of benzene rings is 2. The van der Waals surface area contributed by atoms with Crippen molar-refractivity contribution in [3.8, 4) is 11.4 Å². The van der Waals surface area contributed by atoms with Crippen LogP contribution >= 0.6 is 0 Å². The summed E-state index contributed by atoms with van der Waals surface area (Å²) in [6.45, 7) is 2.32. The first-order chi connectivity index (χ1) is 16.9. The van der Waals surface area contributed by atoms with E-state index in [4.69, 9.17) is 0 Å². The number of likely N-dealkylation sites (tertiary alicyclic amines) is 1. The van der Waals surface area contributed by atoms with Crippen LogP contribution in [0.3, 0.4) is 0 Å². The maximum absolute atomic E-state index is 14.3. The molecule has 9 heteroatoms. The Hall–Kier alpha value is -4.01. The molecule has 3 aromatic rings. The standard InChI is InChI=1S/C26H22F2N4O3/c1-15-6-4-11-31(22(15)14-32-24(33)16-7-2-3-8-17(16)25(32)34)26(35)19-13-21(28)20(27)12-18(19)23-29-9-5-10-30-23/h2-3,5,7-10,12-13,15,22H,4,6,11,14H2,1H3. The molecular weight excluding hydrogens is 454 g/mol. The number of imide groups is 1. The lowest BCUT2D eigenvalue weighted by Gasteiger charge is -2.41. The second kappa shape index (κ2) is 8.98. The molecule has 1 saturated heterocycles. The second-order valence-electron chi connectivity index (χ2n) is 8.84. The van der Waals surface area contributed by atoms with Crippen LogP contribution in [-0.2, 0) is 0 Å². The number of carbonyl (C=O) groups excluding carboxylic acids is 3. The van der Waals surface area contributed by atoms with Gasteiger partial charge in [-0.2, -0.15) is 0 Å². The number of rotatable bonds is 4. The van der Waals surface area contributed by atoms with E-state index in [9.17, 15) is 23.2 Å². The molecule has 35 heavy (non-hydrogen) atoms. The van der Waals surface area contributed by atoms with Gasteiger partial charge in [-0.15, -0.1) is 0 Å². The van der Waals surface area contributed by atoms with Crippen LogP contribution in [0.15, 0.2) is 54.9 Å². The zero-order valence-electron chi connectivity index (χ0n) is 18.9. The molecule has 178 valence electrons. The molecule has 0 spiro atoms. The molecule has 0 saturated carbocycles. The summed E-state index contributed by atoms with van der Waals surface area (Å²) in [6.07, 6.45) is 4.40. The minimum absolute atomic E-state index is 0.0140. The number of hydrogen-bond donors (Lipinski definition) is 0. The lowest BCUT2D eigenvalue weighted by atomic mass is 9.89. The highest BCUT2D eigenvalue weighted by molar-refractivity contribution is 6.21. The number of carbonyl (C=O) groups is 3. The molecule has 0 aliphatic carbocycles. The van der Waals surface area contributed by atoms with Crippen LogP contribution in [0.5, 0.6) is 0 Å². The molecule has 0 bridgehead atoms. The van der Waals surface area contributed by atoms with Crippen molar-refractivity contribution in [1.29, 1.82) is 0 Å². The zero-order chi connectivity index (χ0) is 24.7. The fourth-order valence-corrected chi connectivity index (χ4v) is 4.87. The first kappa shape index (κ1) is 22.8. The molecule has 2 atom stereocenters. The van der Waals surface area contributed by atoms with Crippen LogP contribution in [0.2, 0.25) is 0 Å². The summed E-state index contributed by atoms with van der Waals surface area (Å²) >= 11 is 0. The van der Waals surface area contributed by atoms with Gasteiger partial charge in [0.1, 0.15) is 0 Å². The quantitative estimate of drug-likeness (QED) is 0.533. The van der Waals surface area contributed by atoms with E-state index < -0.39 is 35.4 Å². The van der Waals surface area contributed by atoms with E-state index in [0.29, 0.717) is 24.1 Å². The Morgan fingerprint density at radius 3 is 2.26 bits per heavy atom. The summed E-state index contributed by atoms with van der Waals surface area (Å²) in [5.74, 6) is -3.53. The summed E-state index contributed by atoms with van der Waals surface area (Å²) in [5.41, 5.74) is 0.676. The maximum Gasteiger partial charge on any atom is 0.261 e. The molecule has 7 nitrogen and oxygen atoms in total. The Kier molecular flexibility index (Phi) is 5.84. The van der Waals surface area contributed by atoms with Crippen LogP contribution in [-0.4, -0.2) is 56.6 Å². The molecule has 2 aromatic carbocycles. The third kappa shape index (κ3) is 3.96. The first-order valence-corrected chi connectivity index (χ1v) is 11.4. The summed E-state index contributed by atoms with van der Waals surface area (Å²) < 4.78 is 28.4. The number of aromatic nitrogens is 2. The Morgan fingerprint density at radius 2 is 1.60 bits per heavy atom. The summed E-state index contributed by atoms with van der Waals surface area (Å²) in [6, 6.07) is 9.48. The SMILES string of the molecule is CC1CCCN(C(=O)c2cc(F)c(F)cc2-c2ncccn2)C1CN1C(=O)c2ccccc2C1=O. The van der Waals surface area contributed by atoms with Gasteiger partial charge < -0.3 is 4.90 Å². The van der Waals surface area contributed by atoms with E-state index in [1.165, 1.54) is 17.3 Å². The fourth-order valence-electron chi connectivity index (χ4n) is 4.87. The monoisotopic (exact) mass is 476 g/mol. The van der Waals surface area contributed by atoms with E-state index in [1.54, 1.807) is 35.2 Å². The Labute approximate surface area is 200 Å². The molecule has 5 rings (SSSR count). The molecule has 0 radical (unpaired) electrons.